The lowest BCUT2D eigenvalue weighted by Crippen LogP contribution is -2.24. The van der Waals surface area contributed by atoms with Gasteiger partial charge in [-0.1, -0.05) is 12.2 Å². The van der Waals surface area contributed by atoms with Crippen LogP contribution in [0, 0.1) is 0 Å². The fraction of sp³-hybridized carbons (Fsp3) is 0.312. The summed E-state index contributed by atoms with van der Waals surface area (Å²) in [6.45, 7) is 5.37. The minimum Gasteiger partial charge on any atom is -0.344 e. The molecular formula is C16H18ClN5. The van der Waals surface area contributed by atoms with Crippen molar-refractivity contribution >= 4 is 28.6 Å². The van der Waals surface area contributed by atoms with Crippen LogP contribution in [0.15, 0.2) is 46.7 Å². The molecular weight excluding hydrogens is 298 g/mol. The first-order chi connectivity index (χ1) is 10.7. The molecule has 0 atom stereocenters. The van der Waals surface area contributed by atoms with E-state index in [1.165, 1.54) is 5.57 Å². The Bertz CT molecular complexity index is 785. The molecule has 0 saturated heterocycles. The number of allylic oxidation sites excluding steroid dienone is 3. The van der Waals surface area contributed by atoms with E-state index in [1.54, 1.807) is 6.20 Å². The number of aromatic nitrogens is 3. The number of pyridine rings is 1. The topological polar surface area (TPSA) is 55.1 Å². The van der Waals surface area contributed by atoms with Crippen LogP contribution >= 0.6 is 11.6 Å². The highest BCUT2D eigenvalue weighted by atomic mass is 35.5. The Morgan fingerprint density at radius 2 is 2.36 bits per heavy atom. The Morgan fingerprint density at radius 1 is 1.50 bits per heavy atom. The second-order valence-electron chi connectivity index (χ2n) is 5.14. The van der Waals surface area contributed by atoms with Gasteiger partial charge in [0.25, 0.3) is 0 Å². The molecule has 0 radical (unpaired) electrons. The van der Waals surface area contributed by atoms with Crippen molar-refractivity contribution in [3.63, 3.8) is 0 Å². The van der Waals surface area contributed by atoms with Crippen LogP contribution in [0.1, 0.15) is 19.7 Å². The van der Waals surface area contributed by atoms with Gasteiger partial charge in [0.05, 0.1) is 19.0 Å². The van der Waals surface area contributed by atoms with Crippen LogP contribution in [0.3, 0.4) is 0 Å². The molecule has 3 rings (SSSR count). The smallest absolute Gasteiger partial charge is 0.160 e. The summed E-state index contributed by atoms with van der Waals surface area (Å²) < 4.78 is 2.02. The van der Waals surface area contributed by atoms with Gasteiger partial charge < -0.3 is 9.88 Å². The van der Waals surface area contributed by atoms with Gasteiger partial charge in [-0.15, -0.1) is 11.6 Å². The molecule has 0 amide bonds. The first-order valence-corrected chi connectivity index (χ1v) is 7.75. The zero-order chi connectivity index (χ0) is 15.5. The third-order valence-electron chi connectivity index (χ3n) is 3.63. The molecule has 0 saturated carbocycles. The van der Waals surface area contributed by atoms with Gasteiger partial charge in [0, 0.05) is 11.9 Å². The summed E-state index contributed by atoms with van der Waals surface area (Å²) in [7, 11) is 0. The summed E-state index contributed by atoms with van der Waals surface area (Å²) in [5, 5.41) is 3.39. The summed E-state index contributed by atoms with van der Waals surface area (Å²) >= 11 is 6.02. The molecule has 0 fully saturated rings. The lowest BCUT2D eigenvalue weighted by Gasteiger charge is -2.09. The van der Waals surface area contributed by atoms with E-state index in [4.69, 9.17) is 11.6 Å². The zero-order valence-electron chi connectivity index (χ0n) is 12.7. The van der Waals surface area contributed by atoms with Crippen molar-refractivity contribution in [3.8, 4) is 0 Å². The second-order valence-corrected chi connectivity index (χ2v) is 5.41. The third kappa shape index (κ3) is 2.76. The van der Waals surface area contributed by atoms with Crippen LogP contribution in [-0.2, 0) is 12.4 Å². The van der Waals surface area contributed by atoms with Gasteiger partial charge >= 0.3 is 0 Å². The van der Waals surface area contributed by atoms with E-state index in [-0.39, 0.29) is 0 Å². The number of rotatable bonds is 4. The highest BCUT2D eigenvalue weighted by Crippen LogP contribution is 2.16. The maximum atomic E-state index is 6.02. The van der Waals surface area contributed by atoms with Crippen LogP contribution in [0.25, 0.3) is 11.2 Å². The number of nitrogens with one attached hydrogen (secondary N) is 1. The zero-order valence-corrected chi connectivity index (χ0v) is 13.4. The van der Waals surface area contributed by atoms with Gasteiger partial charge in [-0.25, -0.2) is 9.97 Å². The summed E-state index contributed by atoms with van der Waals surface area (Å²) in [5.41, 5.74) is 4.04. The molecule has 0 aliphatic carbocycles. The molecule has 5 nitrogen and oxygen atoms in total. The van der Waals surface area contributed by atoms with E-state index in [2.05, 4.69) is 33.3 Å². The van der Waals surface area contributed by atoms with Crippen LogP contribution < -0.4 is 5.32 Å². The van der Waals surface area contributed by atoms with E-state index in [0.29, 0.717) is 19.0 Å². The number of alkyl halides is 1. The highest BCUT2D eigenvalue weighted by Gasteiger charge is 2.17. The normalized spacial score (nSPS) is 17.1. The molecule has 1 N–H and O–H groups in total. The largest absolute Gasteiger partial charge is 0.344 e. The monoisotopic (exact) mass is 315 g/mol. The maximum Gasteiger partial charge on any atom is 0.160 e. The molecule has 114 valence electrons. The number of fused-ring (bicyclic) bond motifs is 1. The number of amidine groups is 1. The Balaban J connectivity index is 1.87. The number of halogens is 1. The van der Waals surface area contributed by atoms with Crippen molar-refractivity contribution < 1.29 is 0 Å². The first-order valence-electron chi connectivity index (χ1n) is 7.21. The molecule has 2 aromatic rings. The lowest BCUT2D eigenvalue weighted by atomic mass is 10.2. The summed E-state index contributed by atoms with van der Waals surface area (Å²) in [5.74, 6) is 2.07. The number of nitrogens with zero attached hydrogens (tertiary/aromatic N) is 4. The van der Waals surface area contributed by atoms with Gasteiger partial charge in [0.15, 0.2) is 5.65 Å². The predicted molar refractivity (Wildman–Crippen MR) is 90.0 cm³/mol. The number of imidazole rings is 1. The molecule has 6 heteroatoms. The molecule has 22 heavy (non-hydrogen) atoms. The van der Waals surface area contributed by atoms with Gasteiger partial charge in [-0.05, 0) is 31.6 Å². The highest BCUT2D eigenvalue weighted by molar-refractivity contribution is 6.16. The first kappa shape index (κ1) is 14.8. The minimum atomic E-state index is 0.351. The fourth-order valence-corrected chi connectivity index (χ4v) is 2.72. The Hall–Kier alpha value is -2.14. The molecule has 0 aromatic carbocycles. The van der Waals surface area contributed by atoms with Gasteiger partial charge in [-0.2, -0.15) is 0 Å². The van der Waals surface area contributed by atoms with Crippen molar-refractivity contribution in [1.29, 1.82) is 0 Å². The lowest BCUT2D eigenvalue weighted by molar-refractivity contribution is 0.802. The SMILES string of the molecule is C/C=C\C(C)=C1/CN=C(Cn2c(CCl)nc3cccnc32)N1. The van der Waals surface area contributed by atoms with Crippen LogP contribution in [0.2, 0.25) is 0 Å². The number of hydrogen-bond acceptors (Lipinski definition) is 4. The Morgan fingerprint density at radius 3 is 3.14 bits per heavy atom. The van der Waals surface area contributed by atoms with E-state index in [1.807, 2.05) is 29.7 Å². The third-order valence-corrected chi connectivity index (χ3v) is 3.87. The van der Waals surface area contributed by atoms with Crippen molar-refractivity contribution in [1.82, 2.24) is 19.9 Å². The number of hydrogen-bond donors (Lipinski definition) is 1. The van der Waals surface area contributed by atoms with E-state index in [9.17, 15) is 0 Å². The van der Waals surface area contributed by atoms with Crippen molar-refractivity contribution in [2.75, 3.05) is 6.54 Å². The molecule has 2 aromatic heterocycles. The molecule has 0 spiro atoms. The van der Waals surface area contributed by atoms with E-state index in [0.717, 1.165) is 28.5 Å². The van der Waals surface area contributed by atoms with Crippen molar-refractivity contribution in [2.45, 2.75) is 26.3 Å². The predicted octanol–water partition coefficient (Wildman–Crippen LogP) is 3.02. The Kier molecular flexibility index (Phi) is 4.24. The van der Waals surface area contributed by atoms with Gasteiger partial charge in [0.1, 0.15) is 17.2 Å². The average Bonchev–Trinajstić information content (AvgIpc) is 3.13. The second kappa shape index (κ2) is 6.32. The molecule has 0 bridgehead atoms. The summed E-state index contributed by atoms with van der Waals surface area (Å²) in [6, 6.07) is 3.82. The van der Waals surface area contributed by atoms with Crippen LogP contribution in [0.4, 0.5) is 0 Å². The maximum absolute atomic E-state index is 6.02. The molecule has 0 unspecified atom stereocenters. The quantitative estimate of drug-likeness (QED) is 0.882. The van der Waals surface area contributed by atoms with Crippen molar-refractivity contribution in [3.05, 3.63) is 47.6 Å². The fourth-order valence-electron chi connectivity index (χ4n) is 2.51. The average molecular weight is 316 g/mol. The van der Waals surface area contributed by atoms with Crippen molar-refractivity contribution in [2.24, 2.45) is 4.99 Å². The van der Waals surface area contributed by atoms with Crippen LogP contribution in [0.5, 0.6) is 0 Å². The Labute approximate surface area is 134 Å². The van der Waals surface area contributed by atoms with Gasteiger partial charge in [-0.3, -0.25) is 4.99 Å². The van der Waals surface area contributed by atoms with Gasteiger partial charge in [0.2, 0.25) is 0 Å². The van der Waals surface area contributed by atoms with E-state index < -0.39 is 0 Å². The summed E-state index contributed by atoms with van der Waals surface area (Å²) in [6.07, 6.45) is 5.88. The molecule has 3 heterocycles. The summed E-state index contributed by atoms with van der Waals surface area (Å²) in [4.78, 5) is 13.5. The van der Waals surface area contributed by atoms with Crippen LogP contribution in [-0.4, -0.2) is 26.9 Å². The molecule has 1 aliphatic heterocycles. The minimum absolute atomic E-state index is 0.351. The molecule has 1 aliphatic rings. The van der Waals surface area contributed by atoms with E-state index >= 15 is 0 Å². The number of aliphatic imine (C=N–C) groups is 1. The standard InChI is InChI=1S/C16H18ClN5/c1-3-5-11(2)13-9-19-14(20-13)10-22-15(8-17)21-12-6-4-7-18-16(12)22/h3-7H,8-10H2,1-2H3,(H,19,20)/b5-3-,13-11+.